The predicted octanol–water partition coefficient (Wildman–Crippen LogP) is 3.33. The van der Waals surface area contributed by atoms with Crippen LogP contribution < -0.4 is 10.2 Å². The molecule has 2 heterocycles. The van der Waals surface area contributed by atoms with E-state index < -0.39 is 17.8 Å². The lowest BCUT2D eigenvalue weighted by atomic mass is 10.1. The zero-order valence-electron chi connectivity index (χ0n) is 19.6. The first kappa shape index (κ1) is 25.0. The second kappa shape index (κ2) is 10.7. The molecule has 2 aromatic rings. The topological polar surface area (TPSA) is 65.1 Å². The van der Waals surface area contributed by atoms with Crippen molar-refractivity contribution in [1.29, 1.82) is 0 Å². The van der Waals surface area contributed by atoms with Gasteiger partial charge in [0.1, 0.15) is 0 Å². The Kier molecular flexibility index (Phi) is 7.61. The largest absolute Gasteiger partial charge is 0.416 e. The monoisotopic (exact) mass is 490 g/mol. The van der Waals surface area contributed by atoms with Gasteiger partial charge in [-0.05, 0) is 37.3 Å². The van der Waals surface area contributed by atoms with Crippen LogP contribution in [0.4, 0.5) is 24.5 Å². The van der Waals surface area contributed by atoms with Crippen molar-refractivity contribution in [3.63, 3.8) is 0 Å². The smallest absolute Gasteiger partial charge is 0.378 e. The van der Waals surface area contributed by atoms with Crippen molar-refractivity contribution in [3.05, 3.63) is 59.7 Å². The minimum atomic E-state index is -4.52. The molecule has 0 unspecified atom stereocenters. The first-order valence-corrected chi connectivity index (χ1v) is 11.7. The number of carbonyl (C=O) groups excluding carboxylic acids is 2. The van der Waals surface area contributed by atoms with E-state index in [2.05, 4.69) is 5.32 Å². The molecule has 0 aliphatic carbocycles. The molecule has 0 radical (unpaired) electrons. The maximum Gasteiger partial charge on any atom is 0.416 e. The Morgan fingerprint density at radius 2 is 1.60 bits per heavy atom. The number of rotatable bonds is 5. The third kappa shape index (κ3) is 5.94. The van der Waals surface area contributed by atoms with E-state index in [1.807, 2.05) is 28.0 Å². The number of amides is 2. The first-order chi connectivity index (χ1) is 16.7. The second-order valence-electron chi connectivity index (χ2n) is 8.69. The highest BCUT2D eigenvalue weighted by molar-refractivity contribution is 5.98. The van der Waals surface area contributed by atoms with Crippen molar-refractivity contribution in [2.24, 2.45) is 0 Å². The van der Waals surface area contributed by atoms with Crippen LogP contribution in [-0.4, -0.2) is 80.1 Å². The number of hydrogen-bond donors (Lipinski definition) is 1. The summed E-state index contributed by atoms with van der Waals surface area (Å²) >= 11 is 0. The molecular weight excluding hydrogens is 461 g/mol. The number of hydrogen-bond acceptors (Lipinski definition) is 5. The number of benzene rings is 2. The van der Waals surface area contributed by atoms with Gasteiger partial charge >= 0.3 is 6.18 Å². The number of carbonyl (C=O) groups is 2. The van der Waals surface area contributed by atoms with Gasteiger partial charge < -0.3 is 19.9 Å². The minimum Gasteiger partial charge on any atom is -0.378 e. The van der Waals surface area contributed by atoms with E-state index in [1.165, 1.54) is 6.07 Å². The zero-order chi connectivity index (χ0) is 25.0. The van der Waals surface area contributed by atoms with Crippen molar-refractivity contribution in [3.8, 4) is 0 Å². The highest BCUT2D eigenvalue weighted by Crippen LogP contribution is 2.36. The van der Waals surface area contributed by atoms with Crippen LogP contribution in [-0.2, 0) is 15.7 Å². The predicted molar refractivity (Wildman–Crippen MR) is 126 cm³/mol. The Morgan fingerprint density at radius 3 is 2.23 bits per heavy atom. The Balaban J connectivity index is 1.43. The number of piperazine rings is 1. The summed E-state index contributed by atoms with van der Waals surface area (Å²) in [6, 6.07) is 11.9. The van der Waals surface area contributed by atoms with E-state index in [9.17, 15) is 22.8 Å². The van der Waals surface area contributed by atoms with Crippen LogP contribution in [0, 0.1) is 0 Å². The second-order valence-corrected chi connectivity index (χ2v) is 8.69. The van der Waals surface area contributed by atoms with E-state index >= 15 is 0 Å². The fourth-order valence-electron chi connectivity index (χ4n) is 4.37. The van der Waals surface area contributed by atoms with Crippen LogP contribution in [0.2, 0.25) is 0 Å². The number of alkyl halides is 3. The summed E-state index contributed by atoms with van der Waals surface area (Å²) in [5.41, 5.74) is 0.481. The Morgan fingerprint density at radius 1 is 0.943 bits per heavy atom. The number of ether oxygens (including phenoxy) is 1. The maximum atomic E-state index is 13.4. The molecule has 1 atom stereocenters. The van der Waals surface area contributed by atoms with Gasteiger partial charge in [0.15, 0.2) is 0 Å². The lowest BCUT2D eigenvalue weighted by Crippen LogP contribution is -2.54. The van der Waals surface area contributed by atoms with Crippen molar-refractivity contribution < 1.29 is 27.5 Å². The number of nitrogens with zero attached hydrogens (tertiary/aromatic N) is 3. The van der Waals surface area contributed by atoms with Gasteiger partial charge in [0.25, 0.3) is 5.91 Å². The average Bonchev–Trinajstić information content (AvgIpc) is 2.88. The van der Waals surface area contributed by atoms with Gasteiger partial charge in [0.2, 0.25) is 5.91 Å². The van der Waals surface area contributed by atoms with Crippen LogP contribution >= 0.6 is 0 Å². The highest BCUT2D eigenvalue weighted by atomic mass is 19.4. The zero-order valence-corrected chi connectivity index (χ0v) is 19.6. The van der Waals surface area contributed by atoms with Crippen LogP contribution in [0.25, 0.3) is 0 Å². The summed E-state index contributed by atoms with van der Waals surface area (Å²) in [5.74, 6) is -0.442. The van der Waals surface area contributed by atoms with Gasteiger partial charge in [0, 0.05) is 44.8 Å². The molecular formula is C25H29F3N4O3. The molecule has 4 rings (SSSR count). The van der Waals surface area contributed by atoms with Crippen LogP contribution in [0.1, 0.15) is 22.8 Å². The summed E-state index contributed by atoms with van der Waals surface area (Å²) < 4.78 is 45.4. The molecule has 7 nitrogen and oxygen atoms in total. The molecule has 2 saturated heterocycles. The maximum absolute atomic E-state index is 13.4. The molecule has 188 valence electrons. The minimum absolute atomic E-state index is 0.0542. The molecule has 0 saturated carbocycles. The number of halogens is 3. The Labute approximate surface area is 202 Å². The van der Waals surface area contributed by atoms with Crippen LogP contribution in [0.5, 0.6) is 0 Å². The van der Waals surface area contributed by atoms with Crippen molar-refractivity contribution in [1.82, 2.24) is 9.80 Å². The number of nitrogens with one attached hydrogen (secondary N) is 1. The van der Waals surface area contributed by atoms with E-state index in [-0.39, 0.29) is 17.5 Å². The Hall–Kier alpha value is -3.11. The molecule has 2 amide bonds. The van der Waals surface area contributed by atoms with Gasteiger partial charge in [-0.2, -0.15) is 13.2 Å². The molecule has 2 fully saturated rings. The summed E-state index contributed by atoms with van der Waals surface area (Å²) in [6.45, 7) is 5.64. The molecule has 1 N–H and O–H groups in total. The fourth-order valence-corrected chi connectivity index (χ4v) is 4.37. The molecule has 0 aromatic heterocycles. The summed E-state index contributed by atoms with van der Waals surface area (Å²) in [5, 5.41) is 2.73. The molecule has 10 heteroatoms. The lowest BCUT2D eigenvalue weighted by molar-refractivity contribution is -0.137. The molecule has 35 heavy (non-hydrogen) atoms. The third-order valence-corrected chi connectivity index (χ3v) is 6.48. The van der Waals surface area contributed by atoms with Gasteiger partial charge in [-0.15, -0.1) is 0 Å². The molecule has 2 aliphatic heterocycles. The first-order valence-electron chi connectivity index (χ1n) is 11.7. The van der Waals surface area contributed by atoms with Crippen LogP contribution in [0.15, 0.2) is 48.5 Å². The van der Waals surface area contributed by atoms with E-state index in [4.69, 9.17) is 4.74 Å². The molecule has 2 aromatic carbocycles. The van der Waals surface area contributed by atoms with Crippen LogP contribution in [0.3, 0.4) is 0 Å². The summed E-state index contributed by atoms with van der Waals surface area (Å²) in [7, 11) is 0. The van der Waals surface area contributed by atoms with Gasteiger partial charge in [-0.1, -0.05) is 18.2 Å². The van der Waals surface area contributed by atoms with Gasteiger partial charge in [-0.25, -0.2) is 0 Å². The molecule has 2 aliphatic rings. The quantitative estimate of drug-likeness (QED) is 0.697. The number of anilines is 2. The highest BCUT2D eigenvalue weighted by Gasteiger charge is 2.33. The molecule has 0 bridgehead atoms. The Bertz CT molecular complexity index is 1030. The summed E-state index contributed by atoms with van der Waals surface area (Å²) in [4.78, 5) is 31.4. The van der Waals surface area contributed by atoms with E-state index in [1.54, 1.807) is 24.0 Å². The third-order valence-electron chi connectivity index (χ3n) is 6.48. The van der Waals surface area contributed by atoms with Gasteiger partial charge in [0.05, 0.1) is 36.2 Å². The van der Waals surface area contributed by atoms with Crippen molar-refractivity contribution in [2.75, 3.05) is 62.7 Å². The number of morpholine rings is 1. The fraction of sp³-hybridized carbons (Fsp3) is 0.440. The van der Waals surface area contributed by atoms with E-state index in [0.717, 1.165) is 12.1 Å². The summed E-state index contributed by atoms with van der Waals surface area (Å²) in [6.07, 6.45) is -4.52. The van der Waals surface area contributed by atoms with Gasteiger partial charge in [-0.3, -0.25) is 14.5 Å². The van der Waals surface area contributed by atoms with E-state index in [0.29, 0.717) is 63.7 Å². The normalized spacial score (nSPS) is 18.3. The average molecular weight is 491 g/mol. The molecule has 0 spiro atoms. The van der Waals surface area contributed by atoms with Crippen molar-refractivity contribution >= 4 is 23.2 Å². The van der Waals surface area contributed by atoms with Crippen molar-refractivity contribution in [2.45, 2.75) is 19.1 Å². The lowest BCUT2D eigenvalue weighted by Gasteiger charge is -2.37. The standard InChI is InChI=1S/C25H29F3N4O3/c1-18(30-9-11-32(12-10-30)24(34)19-5-3-2-4-6-19)23(33)29-21-17-20(25(26,27)28)7-8-22(21)31-13-15-35-16-14-31/h2-8,17-18H,9-16H2,1H3,(H,29,33)/t18-/m1/s1. The SMILES string of the molecule is C[C@H](C(=O)Nc1cc(C(F)(F)F)ccc1N1CCOCC1)N1CCN(C(=O)c2ccccc2)CC1.